The van der Waals surface area contributed by atoms with Gasteiger partial charge in [-0.1, -0.05) is 30.9 Å². The summed E-state index contributed by atoms with van der Waals surface area (Å²) in [7, 11) is 0. The molecule has 0 aromatic carbocycles. The van der Waals surface area contributed by atoms with Gasteiger partial charge in [-0.15, -0.1) is 19.7 Å². The van der Waals surface area contributed by atoms with Gasteiger partial charge in [-0.3, -0.25) is 0 Å². The lowest BCUT2D eigenvalue weighted by molar-refractivity contribution is -0.699. The first kappa shape index (κ1) is 13.2. The number of hydrogen-bond acceptors (Lipinski definition) is 0. The predicted octanol–water partition coefficient (Wildman–Crippen LogP) is 2.67. The van der Waals surface area contributed by atoms with Crippen molar-refractivity contribution in [2.75, 3.05) is 0 Å². The summed E-state index contributed by atoms with van der Waals surface area (Å²) in [6, 6.07) is 0. The lowest BCUT2D eigenvalue weighted by Gasteiger charge is -2.00. The van der Waals surface area contributed by atoms with E-state index in [1.165, 1.54) is 11.4 Å². The molecule has 0 aliphatic heterocycles. The van der Waals surface area contributed by atoms with Crippen molar-refractivity contribution in [1.29, 1.82) is 0 Å². The number of H-pyrrole nitrogens is 1. The van der Waals surface area contributed by atoms with Gasteiger partial charge >= 0.3 is 0 Å². The molecule has 0 fully saturated rings. The first-order valence-electron chi connectivity index (χ1n) is 5.84. The van der Waals surface area contributed by atoms with Crippen LogP contribution in [0.5, 0.6) is 0 Å². The van der Waals surface area contributed by atoms with Crippen LogP contribution < -0.4 is 4.57 Å². The van der Waals surface area contributed by atoms with E-state index in [9.17, 15) is 0 Å². The standard InChI is InChI=1S/C15H20N2/c1-5-9-13-14(10-6-2)17(12-8-4)15(16-13)11-7-3/h5-8H,1-4,9-12H2/p+1. The molecule has 1 aromatic rings. The minimum atomic E-state index is 0.806. The number of imidazole rings is 1. The molecular weight excluding hydrogens is 208 g/mol. The molecule has 17 heavy (non-hydrogen) atoms. The molecule has 0 aliphatic rings. The third-order valence-electron chi connectivity index (χ3n) is 2.63. The van der Waals surface area contributed by atoms with Crippen LogP contribution >= 0.6 is 0 Å². The summed E-state index contributed by atoms with van der Waals surface area (Å²) in [5.41, 5.74) is 2.47. The molecule has 0 aliphatic carbocycles. The first-order chi connectivity index (χ1) is 8.28. The molecule has 0 saturated heterocycles. The molecule has 2 nitrogen and oxygen atoms in total. The van der Waals surface area contributed by atoms with Crippen molar-refractivity contribution >= 4 is 0 Å². The normalized spacial score (nSPS) is 9.88. The molecule has 0 radical (unpaired) electrons. The molecule has 1 rings (SSSR count). The van der Waals surface area contributed by atoms with Gasteiger partial charge in [-0.2, -0.15) is 0 Å². The van der Waals surface area contributed by atoms with E-state index in [0.717, 1.165) is 31.6 Å². The Morgan fingerprint density at radius 3 is 2.06 bits per heavy atom. The fraction of sp³-hybridized carbons (Fsp3) is 0.267. The number of hydrogen-bond donors (Lipinski definition) is 1. The zero-order valence-corrected chi connectivity index (χ0v) is 10.4. The Morgan fingerprint density at radius 1 is 0.882 bits per heavy atom. The lowest BCUT2D eigenvalue weighted by Crippen LogP contribution is -2.39. The van der Waals surface area contributed by atoms with Crippen molar-refractivity contribution in [3.63, 3.8) is 0 Å². The monoisotopic (exact) mass is 229 g/mol. The van der Waals surface area contributed by atoms with Crippen LogP contribution in [0.1, 0.15) is 17.2 Å². The Labute approximate surface area is 104 Å². The van der Waals surface area contributed by atoms with Crippen LogP contribution in [0.2, 0.25) is 0 Å². The van der Waals surface area contributed by atoms with E-state index in [0.29, 0.717) is 0 Å². The quantitative estimate of drug-likeness (QED) is 0.522. The maximum absolute atomic E-state index is 3.81. The molecule has 2 heteroatoms. The molecule has 0 spiro atoms. The summed E-state index contributed by atoms with van der Waals surface area (Å²) in [4.78, 5) is 3.45. The van der Waals surface area contributed by atoms with Crippen LogP contribution in [0.4, 0.5) is 0 Å². The van der Waals surface area contributed by atoms with Crippen LogP contribution in [0, 0.1) is 0 Å². The maximum atomic E-state index is 3.81. The highest BCUT2D eigenvalue weighted by Crippen LogP contribution is 2.08. The van der Waals surface area contributed by atoms with E-state index in [4.69, 9.17) is 0 Å². The molecule has 0 saturated carbocycles. The number of nitrogens with one attached hydrogen (secondary N) is 1. The molecule has 0 bridgehead atoms. The zero-order valence-electron chi connectivity index (χ0n) is 10.4. The molecule has 90 valence electrons. The fourth-order valence-electron chi connectivity index (χ4n) is 1.97. The van der Waals surface area contributed by atoms with Gasteiger partial charge in [0.1, 0.15) is 17.9 Å². The van der Waals surface area contributed by atoms with Crippen molar-refractivity contribution < 1.29 is 4.57 Å². The topological polar surface area (TPSA) is 19.7 Å². The third kappa shape index (κ3) is 3.06. The Balaban J connectivity index is 3.24. The van der Waals surface area contributed by atoms with E-state index in [-0.39, 0.29) is 0 Å². The van der Waals surface area contributed by atoms with Gasteiger partial charge in [-0.05, 0) is 0 Å². The summed E-state index contributed by atoms with van der Waals surface area (Å²) in [6.45, 7) is 16.0. The number of rotatable bonds is 8. The molecule has 1 aromatic heterocycles. The molecule has 0 atom stereocenters. The first-order valence-corrected chi connectivity index (χ1v) is 5.84. The van der Waals surface area contributed by atoms with Crippen molar-refractivity contribution in [3.8, 4) is 0 Å². The number of aromatic nitrogens is 2. The average molecular weight is 229 g/mol. The highest BCUT2D eigenvalue weighted by atomic mass is 15.1. The summed E-state index contributed by atoms with van der Waals surface area (Å²) in [5, 5.41) is 0. The SMILES string of the molecule is C=CCc1[nH]c(CC=C)[n+](CC=C)c1CC=C. The second kappa shape index (κ2) is 6.69. The second-order valence-corrected chi connectivity index (χ2v) is 3.87. The van der Waals surface area contributed by atoms with Crippen LogP contribution in [-0.4, -0.2) is 4.98 Å². The van der Waals surface area contributed by atoms with Gasteiger partial charge < -0.3 is 0 Å². The predicted molar refractivity (Wildman–Crippen MR) is 72.9 cm³/mol. The Morgan fingerprint density at radius 2 is 1.53 bits per heavy atom. The highest BCUT2D eigenvalue weighted by molar-refractivity contribution is 5.15. The highest BCUT2D eigenvalue weighted by Gasteiger charge is 2.20. The van der Waals surface area contributed by atoms with E-state index in [1.807, 2.05) is 24.3 Å². The third-order valence-corrected chi connectivity index (χ3v) is 2.63. The van der Waals surface area contributed by atoms with Crippen LogP contribution in [-0.2, 0) is 25.8 Å². The van der Waals surface area contributed by atoms with Gasteiger partial charge in [0.15, 0.2) is 0 Å². The maximum Gasteiger partial charge on any atom is 0.258 e. The van der Waals surface area contributed by atoms with Gasteiger partial charge in [0.05, 0.1) is 6.42 Å². The van der Waals surface area contributed by atoms with Gasteiger partial charge in [0.2, 0.25) is 0 Å². The number of nitrogens with zero attached hydrogens (tertiary/aromatic N) is 1. The largest absolute Gasteiger partial charge is 0.258 e. The van der Waals surface area contributed by atoms with Gasteiger partial charge in [0, 0.05) is 12.8 Å². The summed E-state index contributed by atoms with van der Waals surface area (Å²) in [5.74, 6) is 1.16. The Hall–Kier alpha value is -1.83. The zero-order chi connectivity index (χ0) is 12.7. The van der Waals surface area contributed by atoms with Crippen LogP contribution in [0.25, 0.3) is 0 Å². The Kier molecular flexibility index (Phi) is 5.21. The second-order valence-electron chi connectivity index (χ2n) is 3.87. The van der Waals surface area contributed by atoms with E-state index >= 15 is 0 Å². The smallest absolute Gasteiger partial charge is 0.244 e. The molecule has 0 unspecified atom stereocenters. The van der Waals surface area contributed by atoms with Crippen molar-refractivity contribution in [1.82, 2.24) is 4.98 Å². The average Bonchev–Trinajstić information content (AvgIpc) is 2.61. The van der Waals surface area contributed by atoms with Gasteiger partial charge in [-0.25, -0.2) is 9.55 Å². The number of aromatic amines is 1. The van der Waals surface area contributed by atoms with Crippen LogP contribution in [0.3, 0.4) is 0 Å². The Bertz CT molecular complexity index is 386. The van der Waals surface area contributed by atoms with Gasteiger partial charge in [0.25, 0.3) is 5.82 Å². The van der Waals surface area contributed by atoms with Crippen molar-refractivity contribution in [3.05, 3.63) is 67.8 Å². The molecule has 1 N–H and O–H groups in total. The lowest BCUT2D eigenvalue weighted by atomic mass is 10.2. The van der Waals surface area contributed by atoms with E-state index < -0.39 is 0 Å². The minimum Gasteiger partial charge on any atom is -0.244 e. The number of allylic oxidation sites excluding steroid dienone is 4. The van der Waals surface area contributed by atoms with Crippen molar-refractivity contribution in [2.45, 2.75) is 25.8 Å². The fourth-order valence-corrected chi connectivity index (χ4v) is 1.97. The molecular formula is C15H21N2+. The van der Waals surface area contributed by atoms with Crippen LogP contribution in [0.15, 0.2) is 50.6 Å². The molecule has 1 heterocycles. The minimum absolute atomic E-state index is 0.806. The summed E-state index contributed by atoms with van der Waals surface area (Å²) in [6.07, 6.45) is 10.2. The van der Waals surface area contributed by atoms with Crippen molar-refractivity contribution in [2.24, 2.45) is 0 Å². The van der Waals surface area contributed by atoms with E-state index in [2.05, 4.69) is 35.9 Å². The summed E-state index contributed by atoms with van der Waals surface area (Å²) < 4.78 is 2.25. The van der Waals surface area contributed by atoms with E-state index in [1.54, 1.807) is 0 Å². The molecule has 0 amide bonds. The summed E-state index contributed by atoms with van der Waals surface area (Å²) >= 11 is 0.